The minimum atomic E-state index is -3.70. The van der Waals surface area contributed by atoms with Gasteiger partial charge >= 0.3 is 5.97 Å². The quantitative estimate of drug-likeness (QED) is 0.891. The van der Waals surface area contributed by atoms with Gasteiger partial charge in [-0.15, -0.1) is 0 Å². The molecule has 0 bridgehead atoms. The lowest BCUT2D eigenvalue weighted by Gasteiger charge is -2.20. The highest BCUT2D eigenvalue weighted by Crippen LogP contribution is 2.43. The van der Waals surface area contributed by atoms with Gasteiger partial charge < -0.3 is 5.11 Å². The second kappa shape index (κ2) is 3.68. The number of fused-ring (bicyclic) bond motifs is 1. The average Bonchev–Trinajstić information content (AvgIpc) is 2.52. The predicted octanol–water partition coefficient (Wildman–Crippen LogP) is 2.23. The molecule has 96 valence electrons. The number of carboxylic acids is 1. The Balaban J connectivity index is 2.73. The summed E-state index contributed by atoms with van der Waals surface area (Å²) in [5.41, 5.74) is -0.219. The van der Waals surface area contributed by atoms with Crippen LogP contribution in [0, 0.1) is 12.3 Å². The standard InChI is InChI=1S/C13H14O4S/c1-8-5-4-6-9-7-10(13(2,3)12(14)15)18(16,17)11(8)9/h4-7H,1-3H3,(H,14,15). The van der Waals surface area contributed by atoms with Crippen LogP contribution in [0.1, 0.15) is 25.0 Å². The van der Waals surface area contributed by atoms with Gasteiger partial charge in [-0.1, -0.05) is 18.2 Å². The van der Waals surface area contributed by atoms with Crippen molar-refractivity contribution in [3.05, 3.63) is 34.2 Å². The smallest absolute Gasteiger partial charge is 0.314 e. The van der Waals surface area contributed by atoms with Crippen molar-refractivity contribution in [2.75, 3.05) is 0 Å². The largest absolute Gasteiger partial charge is 0.481 e. The Morgan fingerprint density at radius 1 is 1.28 bits per heavy atom. The fraction of sp³-hybridized carbons (Fsp3) is 0.308. The fourth-order valence-electron chi connectivity index (χ4n) is 2.11. The summed E-state index contributed by atoms with van der Waals surface area (Å²) >= 11 is 0. The Hall–Kier alpha value is -1.62. The summed E-state index contributed by atoms with van der Waals surface area (Å²) in [6.07, 6.45) is 1.46. The molecule has 0 aliphatic carbocycles. The van der Waals surface area contributed by atoms with Gasteiger partial charge in [-0.3, -0.25) is 4.79 Å². The van der Waals surface area contributed by atoms with Crippen molar-refractivity contribution in [2.24, 2.45) is 5.41 Å². The first kappa shape index (κ1) is 12.8. The van der Waals surface area contributed by atoms with Crippen LogP contribution in [0.15, 0.2) is 28.0 Å². The summed E-state index contributed by atoms with van der Waals surface area (Å²) < 4.78 is 24.8. The van der Waals surface area contributed by atoms with Gasteiger partial charge in [0.1, 0.15) is 0 Å². The molecule has 0 fully saturated rings. The Morgan fingerprint density at radius 3 is 2.39 bits per heavy atom. The molecule has 0 saturated carbocycles. The molecule has 1 aliphatic rings. The molecule has 1 heterocycles. The van der Waals surface area contributed by atoms with Crippen LogP contribution in [-0.4, -0.2) is 19.5 Å². The SMILES string of the molecule is Cc1cccc2c1S(=O)(=O)C(C(C)(C)C(=O)O)=C2. The molecule has 18 heavy (non-hydrogen) atoms. The Kier molecular flexibility index (Phi) is 2.63. The zero-order valence-corrected chi connectivity index (χ0v) is 11.2. The van der Waals surface area contributed by atoms with E-state index in [9.17, 15) is 18.3 Å². The van der Waals surface area contributed by atoms with E-state index in [1.165, 1.54) is 19.9 Å². The van der Waals surface area contributed by atoms with E-state index in [-0.39, 0.29) is 9.80 Å². The van der Waals surface area contributed by atoms with Gasteiger partial charge in [-0.2, -0.15) is 0 Å². The Labute approximate surface area is 106 Å². The van der Waals surface area contributed by atoms with Crippen molar-refractivity contribution in [1.82, 2.24) is 0 Å². The first-order valence-corrected chi connectivity index (χ1v) is 6.97. The summed E-state index contributed by atoms with van der Waals surface area (Å²) in [6, 6.07) is 5.16. The van der Waals surface area contributed by atoms with E-state index in [4.69, 9.17) is 0 Å². The van der Waals surface area contributed by atoms with Crippen molar-refractivity contribution >= 4 is 21.9 Å². The number of sulfone groups is 1. The monoisotopic (exact) mass is 266 g/mol. The summed E-state index contributed by atoms with van der Waals surface area (Å²) in [5, 5.41) is 9.18. The highest BCUT2D eigenvalue weighted by molar-refractivity contribution is 7.96. The average molecular weight is 266 g/mol. The van der Waals surface area contributed by atoms with Crippen LogP contribution in [0.25, 0.3) is 6.08 Å². The van der Waals surface area contributed by atoms with E-state index in [1.807, 2.05) is 0 Å². The molecule has 4 nitrogen and oxygen atoms in total. The molecule has 0 spiro atoms. The summed E-state index contributed by atoms with van der Waals surface area (Å²) in [5.74, 6) is -1.15. The number of carboxylic acid groups (broad SMARTS) is 1. The van der Waals surface area contributed by atoms with Gasteiger partial charge in [0, 0.05) is 0 Å². The predicted molar refractivity (Wildman–Crippen MR) is 67.8 cm³/mol. The summed E-state index contributed by atoms with van der Waals surface area (Å²) in [6.45, 7) is 4.51. The van der Waals surface area contributed by atoms with E-state index in [1.54, 1.807) is 25.1 Å². The summed E-state index contributed by atoms with van der Waals surface area (Å²) in [4.78, 5) is 11.4. The zero-order valence-electron chi connectivity index (χ0n) is 10.4. The molecule has 0 atom stereocenters. The second-order valence-corrected chi connectivity index (χ2v) is 6.79. The van der Waals surface area contributed by atoms with Gasteiger partial charge in [0.2, 0.25) is 9.84 Å². The van der Waals surface area contributed by atoms with Crippen molar-refractivity contribution in [2.45, 2.75) is 25.7 Å². The lowest BCUT2D eigenvalue weighted by Crippen LogP contribution is -2.29. The highest BCUT2D eigenvalue weighted by atomic mass is 32.2. The number of hydrogen-bond donors (Lipinski definition) is 1. The number of carbonyl (C=O) groups is 1. The van der Waals surface area contributed by atoms with Crippen molar-refractivity contribution < 1.29 is 18.3 Å². The first-order valence-electron chi connectivity index (χ1n) is 5.49. The van der Waals surface area contributed by atoms with E-state index >= 15 is 0 Å². The van der Waals surface area contributed by atoms with Crippen molar-refractivity contribution in [3.8, 4) is 0 Å². The minimum Gasteiger partial charge on any atom is -0.481 e. The van der Waals surface area contributed by atoms with Crippen molar-refractivity contribution in [3.63, 3.8) is 0 Å². The molecule has 0 unspecified atom stereocenters. The number of aliphatic carboxylic acids is 1. The third-order valence-corrected chi connectivity index (χ3v) is 5.54. The lowest BCUT2D eigenvalue weighted by atomic mass is 9.92. The fourth-order valence-corrected chi connectivity index (χ4v) is 4.30. The highest BCUT2D eigenvalue weighted by Gasteiger charge is 2.44. The van der Waals surface area contributed by atoms with Crippen LogP contribution in [0.2, 0.25) is 0 Å². The maximum atomic E-state index is 12.4. The Morgan fingerprint density at radius 2 is 1.89 bits per heavy atom. The van der Waals surface area contributed by atoms with E-state index in [0.29, 0.717) is 11.1 Å². The topological polar surface area (TPSA) is 71.4 Å². The first-order chi connectivity index (χ1) is 8.19. The van der Waals surface area contributed by atoms with Crippen LogP contribution in [-0.2, 0) is 14.6 Å². The number of aryl methyl sites for hydroxylation is 1. The lowest BCUT2D eigenvalue weighted by molar-refractivity contribution is -0.144. The zero-order chi connectivity index (χ0) is 13.7. The molecule has 2 rings (SSSR count). The van der Waals surface area contributed by atoms with Gasteiger partial charge in [-0.25, -0.2) is 8.42 Å². The number of rotatable bonds is 2. The van der Waals surface area contributed by atoms with Gasteiger partial charge in [0.05, 0.1) is 15.2 Å². The molecule has 0 amide bonds. The van der Waals surface area contributed by atoms with Crippen molar-refractivity contribution in [1.29, 1.82) is 0 Å². The molecular formula is C13H14O4S. The second-order valence-electron chi connectivity index (χ2n) is 4.94. The maximum Gasteiger partial charge on any atom is 0.314 e. The van der Waals surface area contributed by atoms with E-state index in [2.05, 4.69) is 0 Å². The third kappa shape index (κ3) is 1.58. The number of hydrogen-bond acceptors (Lipinski definition) is 3. The van der Waals surface area contributed by atoms with Gasteiger partial charge in [0.15, 0.2) is 0 Å². The van der Waals surface area contributed by atoms with E-state index in [0.717, 1.165) is 0 Å². The molecule has 1 aromatic rings. The minimum absolute atomic E-state index is 0.0493. The van der Waals surface area contributed by atoms with Crippen LogP contribution >= 0.6 is 0 Å². The molecule has 0 radical (unpaired) electrons. The normalized spacial score (nSPS) is 17.2. The van der Waals surface area contributed by atoms with E-state index < -0.39 is 21.2 Å². The van der Waals surface area contributed by atoms with Crippen LogP contribution in [0.3, 0.4) is 0 Å². The molecule has 1 N–H and O–H groups in total. The van der Waals surface area contributed by atoms with Crippen LogP contribution < -0.4 is 0 Å². The molecule has 1 aliphatic heterocycles. The maximum absolute atomic E-state index is 12.4. The molecule has 5 heteroatoms. The number of benzene rings is 1. The van der Waals surface area contributed by atoms with Gasteiger partial charge in [-0.05, 0) is 38.0 Å². The summed E-state index contributed by atoms with van der Waals surface area (Å²) in [7, 11) is -3.70. The van der Waals surface area contributed by atoms with Crippen LogP contribution in [0.4, 0.5) is 0 Å². The molecule has 0 aromatic heterocycles. The third-order valence-electron chi connectivity index (χ3n) is 3.24. The van der Waals surface area contributed by atoms with Crippen LogP contribution in [0.5, 0.6) is 0 Å². The van der Waals surface area contributed by atoms with Gasteiger partial charge in [0.25, 0.3) is 0 Å². The molecule has 0 saturated heterocycles. The molecule has 1 aromatic carbocycles. The Bertz CT molecular complexity index is 666. The molecular weight excluding hydrogens is 252 g/mol.